The lowest BCUT2D eigenvalue weighted by atomic mass is 9.73. The number of aliphatic imine (C=N–C) groups is 1. The van der Waals surface area contributed by atoms with Crippen molar-refractivity contribution in [3.8, 4) is 5.75 Å². The third-order valence-electron chi connectivity index (χ3n) is 3.60. The second-order valence-corrected chi connectivity index (χ2v) is 4.69. The lowest BCUT2D eigenvalue weighted by Gasteiger charge is -2.25. The lowest BCUT2D eigenvalue weighted by molar-refractivity contribution is -0.118. The molecule has 0 bridgehead atoms. The Bertz CT molecular complexity index is 673. The molecule has 1 N–H and O–H groups in total. The van der Waals surface area contributed by atoms with Gasteiger partial charge in [-0.25, -0.2) is 0 Å². The maximum absolute atomic E-state index is 12.3. The van der Waals surface area contributed by atoms with E-state index in [9.17, 15) is 9.90 Å². The van der Waals surface area contributed by atoms with Gasteiger partial charge in [0, 0.05) is 11.8 Å². The van der Waals surface area contributed by atoms with Crippen LogP contribution in [0.1, 0.15) is 18.1 Å². The van der Waals surface area contributed by atoms with E-state index in [-0.39, 0.29) is 11.5 Å². The second-order valence-electron chi connectivity index (χ2n) is 4.69. The molecule has 0 amide bonds. The number of aromatic hydroxyl groups is 1. The Kier molecular flexibility index (Phi) is 2.49. The van der Waals surface area contributed by atoms with Gasteiger partial charge in [0.15, 0.2) is 0 Å². The van der Waals surface area contributed by atoms with E-state index in [0.717, 1.165) is 16.8 Å². The minimum Gasteiger partial charge on any atom is -0.508 e. The molecule has 0 aliphatic carbocycles. The van der Waals surface area contributed by atoms with Crippen molar-refractivity contribution >= 4 is 17.7 Å². The molecule has 0 saturated carbocycles. The Hall–Kier alpha value is -2.42. The summed E-state index contributed by atoms with van der Waals surface area (Å²) in [7, 11) is 0. The summed E-state index contributed by atoms with van der Waals surface area (Å²) in [5, 5.41) is 9.40. The van der Waals surface area contributed by atoms with Crippen LogP contribution in [0, 0.1) is 0 Å². The molecule has 3 rings (SSSR count). The summed E-state index contributed by atoms with van der Waals surface area (Å²) >= 11 is 0. The topological polar surface area (TPSA) is 49.7 Å². The largest absolute Gasteiger partial charge is 0.508 e. The Morgan fingerprint density at radius 3 is 2.47 bits per heavy atom. The highest BCUT2D eigenvalue weighted by Gasteiger charge is 2.42. The molecule has 19 heavy (non-hydrogen) atoms. The molecule has 0 aromatic heterocycles. The summed E-state index contributed by atoms with van der Waals surface area (Å²) in [5.41, 5.74) is 1.72. The van der Waals surface area contributed by atoms with Gasteiger partial charge in [0.05, 0.1) is 5.69 Å². The quantitative estimate of drug-likeness (QED) is 0.892. The lowest BCUT2D eigenvalue weighted by Crippen LogP contribution is -2.35. The zero-order chi connectivity index (χ0) is 13.5. The van der Waals surface area contributed by atoms with Crippen LogP contribution >= 0.6 is 0 Å². The Morgan fingerprint density at radius 1 is 1.11 bits per heavy atom. The Balaban J connectivity index is 2.26. The molecule has 1 aliphatic heterocycles. The van der Waals surface area contributed by atoms with Gasteiger partial charge in [-0.05, 0) is 30.7 Å². The zero-order valence-electron chi connectivity index (χ0n) is 10.5. The first-order valence-corrected chi connectivity index (χ1v) is 6.10. The highest BCUT2D eigenvalue weighted by Crippen LogP contribution is 2.42. The van der Waals surface area contributed by atoms with Gasteiger partial charge in [-0.2, -0.15) is 0 Å². The van der Waals surface area contributed by atoms with Gasteiger partial charge in [-0.3, -0.25) is 9.79 Å². The molecule has 1 heterocycles. The van der Waals surface area contributed by atoms with E-state index in [2.05, 4.69) is 4.99 Å². The molecule has 1 atom stereocenters. The van der Waals surface area contributed by atoms with E-state index in [1.54, 1.807) is 37.4 Å². The van der Waals surface area contributed by atoms with E-state index in [4.69, 9.17) is 0 Å². The van der Waals surface area contributed by atoms with Gasteiger partial charge < -0.3 is 5.11 Å². The fourth-order valence-corrected chi connectivity index (χ4v) is 2.59. The molecular weight excluding hydrogens is 238 g/mol. The predicted molar refractivity (Wildman–Crippen MR) is 74.2 cm³/mol. The molecular formula is C16H13NO2. The van der Waals surface area contributed by atoms with Crippen molar-refractivity contribution in [3.05, 3.63) is 59.7 Å². The number of nitrogens with zero attached hydrogens (tertiary/aromatic N) is 1. The highest BCUT2D eigenvalue weighted by atomic mass is 16.3. The predicted octanol–water partition coefficient (Wildman–Crippen LogP) is 2.98. The smallest absolute Gasteiger partial charge is 0.150 e. The van der Waals surface area contributed by atoms with E-state index >= 15 is 0 Å². The average molecular weight is 251 g/mol. The molecule has 0 spiro atoms. The van der Waals surface area contributed by atoms with Crippen LogP contribution in [0.25, 0.3) is 0 Å². The van der Waals surface area contributed by atoms with E-state index in [1.165, 1.54) is 0 Å². The van der Waals surface area contributed by atoms with Crippen LogP contribution in [0.5, 0.6) is 5.75 Å². The number of phenolic OH excluding ortho intramolecular Hbond substituents is 1. The number of benzene rings is 2. The van der Waals surface area contributed by atoms with Crippen molar-refractivity contribution < 1.29 is 9.90 Å². The second kappa shape index (κ2) is 4.05. The van der Waals surface area contributed by atoms with Gasteiger partial charge in [0.1, 0.15) is 16.9 Å². The van der Waals surface area contributed by atoms with Crippen LogP contribution < -0.4 is 0 Å². The highest BCUT2D eigenvalue weighted by molar-refractivity contribution is 6.12. The van der Waals surface area contributed by atoms with Crippen molar-refractivity contribution in [2.45, 2.75) is 12.3 Å². The summed E-state index contributed by atoms with van der Waals surface area (Å²) in [6.07, 6.45) is 1.70. The summed E-state index contributed by atoms with van der Waals surface area (Å²) in [5.74, 6) is 0.206. The normalized spacial score (nSPS) is 20.3. The van der Waals surface area contributed by atoms with Gasteiger partial charge in [-0.15, -0.1) is 0 Å². The summed E-state index contributed by atoms with van der Waals surface area (Å²) in [4.78, 5) is 16.6. The molecule has 3 heteroatoms. The van der Waals surface area contributed by atoms with Crippen LogP contribution in [0.2, 0.25) is 0 Å². The molecule has 3 nitrogen and oxygen atoms in total. The van der Waals surface area contributed by atoms with Crippen molar-refractivity contribution in [3.63, 3.8) is 0 Å². The van der Waals surface area contributed by atoms with Crippen LogP contribution in [0.3, 0.4) is 0 Å². The molecule has 2 aromatic carbocycles. The number of para-hydroxylation sites is 1. The summed E-state index contributed by atoms with van der Waals surface area (Å²) < 4.78 is 0. The minimum absolute atomic E-state index is 0.0203. The summed E-state index contributed by atoms with van der Waals surface area (Å²) in [6.45, 7) is 1.57. The summed E-state index contributed by atoms with van der Waals surface area (Å²) in [6, 6.07) is 14.4. The maximum Gasteiger partial charge on any atom is 0.150 e. The minimum atomic E-state index is -0.829. The fourth-order valence-electron chi connectivity index (χ4n) is 2.59. The van der Waals surface area contributed by atoms with Crippen molar-refractivity contribution in [1.82, 2.24) is 0 Å². The number of hydrogen-bond acceptors (Lipinski definition) is 3. The first-order chi connectivity index (χ1) is 9.14. The van der Waals surface area contributed by atoms with E-state index in [1.807, 2.05) is 24.3 Å². The SMILES string of the molecule is CC(=O)C1(c2ccc(O)cc2)C=Nc2ccccc21. The van der Waals surface area contributed by atoms with Crippen molar-refractivity contribution in [2.24, 2.45) is 4.99 Å². The van der Waals surface area contributed by atoms with Crippen LogP contribution in [-0.4, -0.2) is 17.1 Å². The molecule has 0 radical (unpaired) electrons. The first-order valence-electron chi connectivity index (χ1n) is 6.10. The third-order valence-corrected chi connectivity index (χ3v) is 3.60. The first kappa shape index (κ1) is 11.7. The molecule has 0 saturated heterocycles. The van der Waals surface area contributed by atoms with Gasteiger partial charge >= 0.3 is 0 Å². The number of carbonyl (C=O) groups is 1. The molecule has 2 aromatic rings. The Labute approximate surface area is 111 Å². The number of rotatable bonds is 2. The standard InChI is InChI=1S/C16H13NO2/c1-11(18)16(12-6-8-13(19)9-7-12)10-17-15-5-3-2-4-14(15)16/h2-10,19H,1H3. The van der Waals surface area contributed by atoms with Crippen molar-refractivity contribution in [2.75, 3.05) is 0 Å². The fraction of sp³-hybridized carbons (Fsp3) is 0.125. The van der Waals surface area contributed by atoms with Crippen LogP contribution in [0.4, 0.5) is 5.69 Å². The zero-order valence-corrected chi connectivity index (χ0v) is 10.5. The van der Waals surface area contributed by atoms with Crippen LogP contribution in [0.15, 0.2) is 53.5 Å². The number of carbonyl (C=O) groups excluding carboxylic acids is 1. The van der Waals surface area contributed by atoms with Gasteiger partial charge in [0.2, 0.25) is 0 Å². The number of Topliss-reactive ketones (excluding diaryl/α,β-unsaturated/α-hetero) is 1. The maximum atomic E-state index is 12.3. The molecule has 0 fully saturated rings. The molecule has 1 aliphatic rings. The Morgan fingerprint density at radius 2 is 1.79 bits per heavy atom. The average Bonchev–Trinajstić information content (AvgIpc) is 2.80. The number of phenols is 1. The van der Waals surface area contributed by atoms with Crippen molar-refractivity contribution in [1.29, 1.82) is 0 Å². The van der Waals surface area contributed by atoms with E-state index in [0.29, 0.717) is 0 Å². The van der Waals surface area contributed by atoms with Gasteiger partial charge in [-0.1, -0.05) is 30.3 Å². The van der Waals surface area contributed by atoms with E-state index < -0.39 is 5.41 Å². The monoisotopic (exact) mass is 251 g/mol. The third kappa shape index (κ3) is 1.58. The van der Waals surface area contributed by atoms with Crippen LogP contribution in [-0.2, 0) is 10.2 Å². The number of hydrogen-bond donors (Lipinski definition) is 1. The number of fused-ring (bicyclic) bond motifs is 1. The molecule has 94 valence electrons. The van der Waals surface area contributed by atoms with Gasteiger partial charge in [0.25, 0.3) is 0 Å². The number of ketones is 1. The molecule has 1 unspecified atom stereocenters.